The second-order valence-corrected chi connectivity index (χ2v) is 5.74. The molecule has 4 aromatic rings. The number of benzene rings is 2. The molecule has 2 aromatic carbocycles. The quantitative estimate of drug-likeness (QED) is 0.589. The van der Waals surface area contributed by atoms with Crippen LogP contribution >= 0.6 is 0 Å². The normalized spacial score (nSPS) is 10.8. The molecule has 2 aromatic heterocycles. The number of furan rings is 1. The third-order valence-electron chi connectivity index (χ3n) is 4.01. The fourth-order valence-corrected chi connectivity index (χ4v) is 2.63. The second-order valence-electron chi connectivity index (χ2n) is 5.74. The maximum Gasteiger partial charge on any atom is 0.251 e. The van der Waals surface area contributed by atoms with Crippen molar-refractivity contribution < 1.29 is 18.5 Å². The van der Waals surface area contributed by atoms with Crippen LogP contribution in [0.25, 0.3) is 22.5 Å². The van der Waals surface area contributed by atoms with E-state index in [0.29, 0.717) is 28.5 Å². The van der Waals surface area contributed by atoms with Gasteiger partial charge in [0.05, 0.1) is 13.7 Å². The van der Waals surface area contributed by atoms with Crippen molar-refractivity contribution in [1.29, 1.82) is 0 Å². The molecule has 0 saturated heterocycles. The van der Waals surface area contributed by atoms with Crippen LogP contribution in [-0.4, -0.2) is 18.2 Å². The number of rotatable bonds is 5. The number of amides is 1. The lowest BCUT2D eigenvalue weighted by atomic mass is 10.2. The first-order valence-electron chi connectivity index (χ1n) is 8.10. The van der Waals surface area contributed by atoms with E-state index in [1.807, 2.05) is 30.3 Å². The summed E-state index contributed by atoms with van der Waals surface area (Å²) >= 11 is 0. The first-order chi connectivity index (χ1) is 12.7. The van der Waals surface area contributed by atoms with E-state index in [1.165, 1.54) is 0 Å². The maximum atomic E-state index is 12.2. The number of nitrogens with one attached hydrogen (secondary N) is 1. The van der Waals surface area contributed by atoms with E-state index >= 15 is 0 Å². The zero-order valence-corrected chi connectivity index (χ0v) is 14.1. The number of nitrogens with zero attached hydrogens (tertiary/aromatic N) is 1. The minimum absolute atomic E-state index is 0.194. The third-order valence-corrected chi connectivity index (χ3v) is 4.01. The Labute approximate surface area is 149 Å². The molecule has 26 heavy (non-hydrogen) atoms. The average molecular weight is 348 g/mol. The van der Waals surface area contributed by atoms with Gasteiger partial charge in [-0.2, -0.15) is 0 Å². The highest BCUT2D eigenvalue weighted by Crippen LogP contribution is 2.28. The smallest absolute Gasteiger partial charge is 0.251 e. The molecule has 2 heterocycles. The molecule has 4 rings (SSSR count). The fraction of sp³-hybridized carbons (Fsp3) is 0.100. The Kier molecular flexibility index (Phi) is 4.15. The van der Waals surface area contributed by atoms with E-state index in [2.05, 4.69) is 10.5 Å². The molecule has 0 aliphatic carbocycles. The van der Waals surface area contributed by atoms with E-state index in [0.717, 1.165) is 11.0 Å². The Morgan fingerprint density at radius 2 is 1.88 bits per heavy atom. The predicted octanol–water partition coefficient (Wildman–Crippen LogP) is 4.03. The Morgan fingerprint density at radius 3 is 2.65 bits per heavy atom. The van der Waals surface area contributed by atoms with Gasteiger partial charge in [0.15, 0.2) is 5.76 Å². The van der Waals surface area contributed by atoms with Gasteiger partial charge < -0.3 is 19.0 Å². The summed E-state index contributed by atoms with van der Waals surface area (Å²) in [5.41, 5.74) is 1.95. The molecule has 1 amide bonds. The van der Waals surface area contributed by atoms with Gasteiger partial charge in [-0.25, -0.2) is 0 Å². The van der Waals surface area contributed by atoms with Crippen molar-refractivity contribution in [2.75, 3.05) is 7.11 Å². The molecule has 0 atom stereocenters. The standard InChI is InChI=1S/C20H16N2O4/c1-24-16-8-6-13(7-9-16)20(23)21-12-15-11-19(26-22-15)18-10-14-4-2-3-5-17(14)25-18/h2-11H,12H2,1H3,(H,21,23). The summed E-state index contributed by atoms with van der Waals surface area (Å²) in [6.45, 7) is 0.259. The van der Waals surface area contributed by atoms with Gasteiger partial charge in [0.2, 0.25) is 5.76 Å². The van der Waals surface area contributed by atoms with Crippen molar-refractivity contribution in [1.82, 2.24) is 10.5 Å². The van der Waals surface area contributed by atoms with E-state index in [4.69, 9.17) is 13.7 Å². The number of aromatic nitrogens is 1. The van der Waals surface area contributed by atoms with Crippen molar-refractivity contribution in [2.45, 2.75) is 6.54 Å². The van der Waals surface area contributed by atoms with Crippen LogP contribution in [0.4, 0.5) is 0 Å². The van der Waals surface area contributed by atoms with Crippen LogP contribution in [0.15, 0.2) is 69.6 Å². The molecule has 0 unspecified atom stereocenters. The van der Waals surface area contributed by atoms with Gasteiger partial charge in [0, 0.05) is 17.0 Å². The second kappa shape index (κ2) is 6.76. The number of carbonyl (C=O) groups is 1. The molecule has 6 nitrogen and oxygen atoms in total. The van der Waals surface area contributed by atoms with Crippen LogP contribution in [0.2, 0.25) is 0 Å². The van der Waals surface area contributed by atoms with E-state index in [-0.39, 0.29) is 12.5 Å². The van der Waals surface area contributed by atoms with Gasteiger partial charge in [0.25, 0.3) is 5.91 Å². The van der Waals surface area contributed by atoms with Crippen molar-refractivity contribution >= 4 is 16.9 Å². The monoisotopic (exact) mass is 348 g/mol. The molecule has 0 saturated carbocycles. The first-order valence-corrected chi connectivity index (χ1v) is 8.10. The van der Waals surface area contributed by atoms with Crippen LogP contribution in [0.1, 0.15) is 16.1 Å². The fourth-order valence-electron chi connectivity index (χ4n) is 2.63. The van der Waals surface area contributed by atoms with E-state index < -0.39 is 0 Å². The van der Waals surface area contributed by atoms with Gasteiger partial charge in [-0.05, 0) is 36.4 Å². The molecular weight excluding hydrogens is 332 g/mol. The van der Waals surface area contributed by atoms with Gasteiger partial charge in [0.1, 0.15) is 17.0 Å². The number of hydrogen-bond acceptors (Lipinski definition) is 5. The van der Waals surface area contributed by atoms with Gasteiger partial charge in [-0.1, -0.05) is 23.4 Å². The molecule has 130 valence electrons. The Morgan fingerprint density at radius 1 is 1.08 bits per heavy atom. The molecule has 0 aliphatic rings. The molecule has 6 heteroatoms. The van der Waals surface area contributed by atoms with Crippen molar-refractivity contribution in [2.24, 2.45) is 0 Å². The summed E-state index contributed by atoms with van der Waals surface area (Å²) in [5, 5.41) is 7.79. The van der Waals surface area contributed by atoms with Crippen LogP contribution in [0.5, 0.6) is 5.75 Å². The highest BCUT2D eigenvalue weighted by Gasteiger charge is 2.13. The summed E-state index contributed by atoms with van der Waals surface area (Å²) < 4.78 is 16.2. The largest absolute Gasteiger partial charge is 0.497 e. The van der Waals surface area contributed by atoms with Crippen LogP contribution in [0, 0.1) is 0 Å². The lowest BCUT2D eigenvalue weighted by Gasteiger charge is -2.04. The first kappa shape index (κ1) is 16.0. The van der Waals surface area contributed by atoms with Crippen LogP contribution in [-0.2, 0) is 6.54 Å². The average Bonchev–Trinajstić information content (AvgIpc) is 3.32. The molecular formula is C20H16N2O4. The molecule has 0 spiro atoms. The molecule has 0 fully saturated rings. The summed E-state index contributed by atoms with van der Waals surface area (Å²) in [6.07, 6.45) is 0. The summed E-state index contributed by atoms with van der Waals surface area (Å²) in [5.74, 6) is 1.63. The SMILES string of the molecule is COc1ccc(C(=O)NCc2cc(-c3cc4ccccc4o3)on2)cc1. The number of carbonyl (C=O) groups excluding carboxylic acids is 1. The molecule has 0 bridgehead atoms. The predicted molar refractivity (Wildman–Crippen MR) is 95.9 cm³/mol. The molecule has 1 N–H and O–H groups in total. The highest BCUT2D eigenvalue weighted by atomic mass is 16.5. The summed E-state index contributed by atoms with van der Waals surface area (Å²) in [6, 6.07) is 18.3. The zero-order chi connectivity index (χ0) is 17.9. The van der Waals surface area contributed by atoms with Gasteiger partial charge in [-0.3, -0.25) is 4.79 Å². The lowest BCUT2D eigenvalue weighted by Crippen LogP contribution is -2.22. The van der Waals surface area contributed by atoms with Crippen molar-refractivity contribution in [3.05, 3.63) is 71.9 Å². The van der Waals surface area contributed by atoms with Crippen molar-refractivity contribution in [3.63, 3.8) is 0 Å². The maximum absolute atomic E-state index is 12.2. The van der Waals surface area contributed by atoms with E-state index in [9.17, 15) is 4.79 Å². The number of hydrogen-bond donors (Lipinski definition) is 1. The van der Waals surface area contributed by atoms with Crippen LogP contribution < -0.4 is 10.1 Å². The van der Waals surface area contributed by atoms with Crippen molar-refractivity contribution in [3.8, 4) is 17.3 Å². The Hall–Kier alpha value is -3.54. The third kappa shape index (κ3) is 3.17. The molecule has 0 radical (unpaired) electrons. The minimum atomic E-state index is -0.194. The van der Waals surface area contributed by atoms with Gasteiger partial charge >= 0.3 is 0 Å². The number of methoxy groups -OCH3 is 1. The van der Waals surface area contributed by atoms with Gasteiger partial charge in [-0.15, -0.1) is 0 Å². The topological polar surface area (TPSA) is 77.5 Å². The number of fused-ring (bicyclic) bond motifs is 1. The lowest BCUT2D eigenvalue weighted by molar-refractivity contribution is 0.0950. The summed E-state index contributed by atoms with van der Waals surface area (Å²) in [4.78, 5) is 12.2. The summed E-state index contributed by atoms with van der Waals surface area (Å²) in [7, 11) is 1.58. The Bertz CT molecular complexity index is 1010. The molecule has 0 aliphatic heterocycles. The number of ether oxygens (including phenoxy) is 1. The van der Waals surface area contributed by atoms with Crippen LogP contribution in [0.3, 0.4) is 0 Å². The zero-order valence-electron chi connectivity index (χ0n) is 14.1. The highest BCUT2D eigenvalue weighted by molar-refractivity contribution is 5.94. The Balaban J connectivity index is 1.43. The van der Waals surface area contributed by atoms with E-state index in [1.54, 1.807) is 37.4 Å². The minimum Gasteiger partial charge on any atom is -0.497 e. The number of para-hydroxylation sites is 1.